The van der Waals surface area contributed by atoms with E-state index in [1.807, 2.05) is 6.92 Å². The summed E-state index contributed by atoms with van der Waals surface area (Å²) in [4.78, 5) is 14.9. The molecule has 0 saturated heterocycles. The van der Waals surface area contributed by atoms with Crippen molar-refractivity contribution in [2.45, 2.75) is 13.0 Å². The van der Waals surface area contributed by atoms with E-state index in [2.05, 4.69) is 25.3 Å². The maximum atomic E-state index is 8.93. The molecule has 15 heavy (non-hydrogen) atoms. The lowest BCUT2D eigenvalue weighted by atomic mass is 10.3. The fraction of sp³-hybridized carbons (Fsp3) is 0.375. The molecule has 0 aliphatic carbocycles. The lowest BCUT2D eigenvalue weighted by Gasteiger charge is -2.11. The van der Waals surface area contributed by atoms with E-state index in [1.54, 1.807) is 0 Å². The number of aromatic nitrogens is 4. The van der Waals surface area contributed by atoms with Gasteiger partial charge in [-0.1, -0.05) is 0 Å². The monoisotopic (exact) mass is 208 g/mol. The lowest BCUT2D eigenvalue weighted by Crippen LogP contribution is -2.20. The van der Waals surface area contributed by atoms with Gasteiger partial charge in [0.2, 0.25) is 5.95 Å². The first-order valence-corrected chi connectivity index (χ1v) is 4.54. The van der Waals surface area contributed by atoms with Gasteiger partial charge in [0.15, 0.2) is 11.5 Å². The molecule has 0 aliphatic heterocycles. The first-order chi connectivity index (χ1) is 7.20. The Bertz CT molecular complexity index is 467. The van der Waals surface area contributed by atoms with Crippen molar-refractivity contribution in [3.05, 3.63) is 6.33 Å². The largest absolute Gasteiger partial charge is 0.394 e. The second kappa shape index (κ2) is 3.70. The van der Waals surface area contributed by atoms with Crippen LogP contribution in [0.1, 0.15) is 6.92 Å². The van der Waals surface area contributed by atoms with E-state index in [1.165, 1.54) is 6.33 Å². The molecule has 0 bridgehead atoms. The summed E-state index contributed by atoms with van der Waals surface area (Å²) in [5.41, 5.74) is 6.72. The molecule has 7 nitrogen and oxygen atoms in total. The first-order valence-electron chi connectivity index (χ1n) is 4.54. The van der Waals surface area contributed by atoms with Crippen LogP contribution in [-0.4, -0.2) is 37.7 Å². The minimum Gasteiger partial charge on any atom is -0.394 e. The molecule has 1 unspecified atom stereocenters. The van der Waals surface area contributed by atoms with Crippen molar-refractivity contribution < 1.29 is 5.11 Å². The van der Waals surface area contributed by atoms with Gasteiger partial charge in [-0.2, -0.15) is 9.97 Å². The highest BCUT2D eigenvalue weighted by Gasteiger charge is 2.10. The van der Waals surface area contributed by atoms with Crippen molar-refractivity contribution in [3.63, 3.8) is 0 Å². The van der Waals surface area contributed by atoms with Crippen molar-refractivity contribution in [2.75, 3.05) is 17.7 Å². The molecule has 0 saturated carbocycles. The molecule has 2 aromatic heterocycles. The van der Waals surface area contributed by atoms with Crippen molar-refractivity contribution >= 4 is 22.9 Å². The van der Waals surface area contributed by atoms with Crippen LogP contribution in [0.4, 0.5) is 11.8 Å². The van der Waals surface area contributed by atoms with Crippen LogP contribution in [-0.2, 0) is 0 Å². The number of nitrogens with zero attached hydrogens (tertiary/aromatic N) is 3. The third-order valence-corrected chi connectivity index (χ3v) is 1.96. The second-order valence-corrected chi connectivity index (χ2v) is 3.26. The van der Waals surface area contributed by atoms with Crippen LogP contribution < -0.4 is 11.1 Å². The highest BCUT2D eigenvalue weighted by Crippen LogP contribution is 2.17. The van der Waals surface area contributed by atoms with Crippen molar-refractivity contribution in [3.8, 4) is 0 Å². The van der Waals surface area contributed by atoms with Gasteiger partial charge in [-0.25, -0.2) is 4.98 Å². The van der Waals surface area contributed by atoms with Crippen LogP contribution >= 0.6 is 0 Å². The third-order valence-electron chi connectivity index (χ3n) is 1.96. The summed E-state index contributed by atoms with van der Waals surface area (Å²) in [5.74, 6) is 0.707. The molecular weight excluding hydrogens is 196 g/mol. The molecule has 2 heterocycles. The van der Waals surface area contributed by atoms with Gasteiger partial charge in [-0.15, -0.1) is 0 Å². The number of aliphatic hydroxyl groups is 1. The van der Waals surface area contributed by atoms with E-state index in [0.29, 0.717) is 17.0 Å². The van der Waals surface area contributed by atoms with E-state index >= 15 is 0 Å². The van der Waals surface area contributed by atoms with Crippen molar-refractivity contribution in [1.82, 2.24) is 19.9 Å². The Labute approximate surface area is 85.8 Å². The Morgan fingerprint density at radius 1 is 1.60 bits per heavy atom. The van der Waals surface area contributed by atoms with Gasteiger partial charge in [0.05, 0.1) is 12.9 Å². The zero-order valence-electron chi connectivity index (χ0n) is 8.23. The first kappa shape index (κ1) is 9.66. The number of imidazole rings is 1. The number of H-pyrrole nitrogens is 1. The van der Waals surface area contributed by atoms with Gasteiger partial charge in [0.1, 0.15) is 5.52 Å². The number of fused-ring (bicyclic) bond motifs is 1. The van der Waals surface area contributed by atoms with Gasteiger partial charge in [-0.3, -0.25) is 0 Å². The lowest BCUT2D eigenvalue weighted by molar-refractivity contribution is 0.281. The zero-order chi connectivity index (χ0) is 10.8. The molecule has 2 rings (SSSR count). The Morgan fingerprint density at radius 3 is 3.13 bits per heavy atom. The van der Waals surface area contributed by atoms with Crippen LogP contribution in [0.15, 0.2) is 6.33 Å². The van der Waals surface area contributed by atoms with Crippen LogP contribution in [0, 0.1) is 0 Å². The van der Waals surface area contributed by atoms with E-state index in [4.69, 9.17) is 10.8 Å². The van der Waals surface area contributed by atoms with Crippen LogP contribution in [0.5, 0.6) is 0 Å². The highest BCUT2D eigenvalue weighted by molar-refractivity contribution is 5.83. The minimum atomic E-state index is -0.106. The van der Waals surface area contributed by atoms with E-state index in [0.717, 1.165) is 0 Å². The average Bonchev–Trinajstić information content (AvgIpc) is 2.65. The second-order valence-electron chi connectivity index (χ2n) is 3.26. The van der Waals surface area contributed by atoms with Gasteiger partial charge in [0.25, 0.3) is 0 Å². The molecular formula is C8H12N6O. The Hall–Kier alpha value is -1.89. The number of anilines is 2. The maximum absolute atomic E-state index is 8.93. The number of hydrogen-bond donors (Lipinski definition) is 4. The number of nitrogens with one attached hydrogen (secondary N) is 2. The van der Waals surface area contributed by atoms with E-state index in [-0.39, 0.29) is 18.6 Å². The molecule has 1 atom stereocenters. The third kappa shape index (κ3) is 1.82. The molecule has 0 aromatic carbocycles. The SMILES string of the molecule is CC(CO)Nc1nc(N)nc2nc[nH]c12. The molecule has 0 spiro atoms. The number of hydrogen-bond acceptors (Lipinski definition) is 6. The summed E-state index contributed by atoms with van der Waals surface area (Å²) in [7, 11) is 0. The highest BCUT2D eigenvalue weighted by atomic mass is 16.3. The maximum Gasteiger partial charge on any atom is 0.224 e. The quantitative estimate of drug-likeness (QED) is 0.552. The van der Waals surface area contributed by atoms with E-state index in [9.17, 15) is 0 Å². The Morgan fingerprint density at radius 2 is 2.40 bits per heavy atom. The summed E-state index contributed by atoms with van der Waals surface area (Å²) in [5, 5.41) is 11.9. The van der Waals surface area contributed by atoms with Gasteiger partial charge in [-0.05, 0) is 6.92 Å². The van der Waals surface area contributed by atoms with Crippen LogP contribution in [0.2, 0.25) is 0 Å². The fourth-order valence-electron chi connectivity index (χ4n) is 1.23. The van der Waals surface area contributed by atoms with Crippen LogP contribution in [0.3, 0.4) is 0 Å². The fourth-order valence-corrected chi connectivity index (χ4v) is 1.23. The molecule has 2 aromatic rings. The molecule has 0 amide bonds. The summed E-state index contributed by atoms with van der Waals surface area (Å²) in [6.07, 6.45) is 1.52. The molecule has 0 radical (unpaired) electrons. The number of aromatic amines is 1. The predicted molar refractivity (Wildman–Crippen MR) is 56.3 cm³/mol. The van der Waals surface area contributed by atoms with Crippen molar-refractivity contribution in [1.29, 1.82) is 0 Å². The summed E-state index contributed by atoms with van der Waals surface area (Å²) < 4.78 is 0. The normalized spacial score (nSPS) is 12.9. The predicted octanol–water partition coefficient (Wildman–Crippen LogP) is -0.272. The minimum absolute atomic E-state index is 0.0134. The standard InChI is InChI=1S/C8H12N6O/c1-4(2-15)12-7-5-6(11-3-10-5)13-8(9)14-7/h3-4,15H,2H2,1H3,(H4,9,10,11,12,13,14). The number of nitrogens with two attached hydrogens (primary N) is 1. The molecule has 80 valence electrons. The van der Waals surface area contributed by atoms with E-state index < -0.39 is 0 Å². The zero-order valence-corrected chi connectivity index (χ0v) is 8.23. The van der Waals surface area contributed by atoms with Crippen LogP contribution in [0.25, 0.3) is 11.2 Å². The Balaban J connectivity index is 2.44. The average molecular weight is 208 g/mol. The molecule has 0 fully saturated rings. The number of rotatable bonds is 3. The Kier molecular flexibility index (Phi) is 2.38. The molecule has 5 N–H and O–H groups in total. The van der Waals surface area contributed by atoms with Gasteiger partial charge in [0, 0.05) is 6.04 Å². The molecule has 7 heteroatoms. The van der Waals surface area contributed by atoms with Gasteiger partial charge >= 0.3 is 0 Å². The smallest absolute Gasteiger partial charge is 0.224 e. The topological polar surface area (TPSA) is 113 Å². The molecule has 0 aliphatic rings. The summed E-state index contributed by atoms with van der Waals surface area (Å²) >= 11 is 0. The van der Waals surface area contributed by atoms with Crippen molar-refractivity contribution in [2.24, 2.45) is 0 Å². The summed E-state index contributed by atoms with van der Waals surface area (Å²) in [6.45, 7) is 1.85. The number of aliphatic hydroxyl groups excluding tert-OH is 1. The number of nitrogen functional groups attached to an aromatic ring is 1. The summed E-state index contributed by atoms with van der Waals surface area (Å²) in [6, 6.07) is -0.106. The van der Waals surface area contributed by atoms with Gasteiger partial charge < -0.3 is 21.1 Å².